The molecule has 2 atom stereocenters. The van der Waals surface area contributed by atoms with E-state index < -0.39 is 6.10 Å². The summed E-state index contributed by atoms with van der Waals surface area (Å²) in [5.41, 5.74) is 1.09. The van der Waals surface area contributed by atoms with E-state index in [4.69, 9.17) is 4.74 Å². The van der Waals surface area contributed by atoms with E-state index >= 15 is 0 Å². The van der Waals surface area contributed by atoms with Crippen LogP contribution in [-0.4, -0.2) is 35.5 Å². The van der Waals surface area contributed by atoms with Gasteiger partial charge in [0, 0.05) is 17.5 Å². The molecule has 0 radical (unpaired) electrons. The van der Waals surface area contributed by atoms with Crippen LogP contribution in [-0.2, 0) is 4.74 Å². The Morgan fingerprint density at radius 1 is 1.40 bits per heavy atom. The first-order chi connectivity index (χ1) is 9.56. The van der Waals surface area contributed by atoms with Crippen molar-refractivity contribution in [2.24, 2.45) is 0 Å². The van der Waals surface area contributed by atoms with Crippen molar-refractivity contribution < 1.29 is 9.84 Å². The molecule has 5 heteroatoms. The van der Waals surface area contributed by atoms with Gasteiger partial charge in [-0.1, -0.05) is 12.8 Å². The lowest BCUT2D eigenvalue weighted by molar-refractivity contribution is -0.00607. The summed E-state index contributed by atoms with van der Waals surface area (Å²) in [6, 6.07) is 0.224. The number of aromatic nitrogens is 1. The monoisotopic (exact) mass is 298 g/mol. The van der Waals surface area contributed by atoms with Crippen molar-refractivity contribution in [1.29, 1.82) is 0 Å². The van der Waals surface area contributed by atoms with Gasteiger partial charge in [-0.25, -0.2) is 4.98 Å². The lowest BCUT2D eigenvalue weighted by Gasteiger charge is -2.18. The number of hydrogen-bond acceptors (Lipinski definition) is 5. The highest BCUT2D eigenvalue weighted by molar-refractivity contribution is 7.11. The summed E-state index contributed by atoms with van der Waals surface area (Å²) in [6.45, 7) is 7.18. The van der Waals surface area contributed by atoms with Crippen LogP contribution in [0.2, 0.25) is 0 Å². The molecule has 1 aliphatic carbocycles. The third-order valence-electron chi connectivity index (χ3n) is 3.82. The van der Waals surface area contributed by atoms with Gasteiger partial charge in [0.25, 0.3) is 0 Å². The third-order valence-corrected chi connectivity index (χ3v) is 5.07. The van der Waals surface area contributed by atoms with Crippen molar-refractivity contribution >= 4 is 11.3 Å². The Kier molecular flexibility index (Phi) is 5.96. The average Bonchev–Trinajstić information content (AvgIpc) is 3.03. The zero-order chi connectivity index (χ0) is 14.5. The molecule has 2 rings (SSSR count). The maximum absolute atomic E-state index is 9.98. The van der Waals surface area contributed by atoms with E-state index in [2.05, 4.69) is 17.2 Å². The van der Waals surface area contributed by atoms with Gasteiger partial charge in [0.1, 0.15) is 0 Å². The van der Waals surface area contributed by atoms with Gasteiger partial charge in [0.05, 0.1) is 29.5 Å². The van der Waals surface area contributed by atoms with Gasteiger partial charge in [-0.2, -0.15) is 0 Å². The summed E-state index contributed by atoms with van der Waals surface area (Å²) in [7, 11) is 0. The Morgan fingerprint density at radius 3 is 2.70 bits per heavy atom. The summed E-state index contributed by atoms with van der Waals surface area (Å²) in [4.78, 5) is 5.70. The van der Waals surface area contributed by atoms with E-state index in [0.29, 0.717) is 19.3 Å². The molecule has 2 N–H and O–H groups in total. The molecule has 1 aromatic heterocycles. The van der Waals surface area contributed by atoms with Crippen molar-refractivity contribution in [3.05, 3.63) is 15.6 Å². The molecule has 0 amide bonds. The zero-order valence-corrected chi connectivity index (χ0v) is 13.5. The maximum atomic E-state index is 9.98. The van der Waals surface area contributed by atoms with Gasteiger partial charge in [-0.05, 0) is 33.6 Å². The summed E-state index contributed by atoms with van der Waals surface area (Å²) in [5.74, 6) is 0. The van der Waals surface area contributed by atoms with Crippen LogP contribution >= 0.6 is 11.3 Å². The molecule has 4 nitrogen and oxygen atoms in total. The molecule has 0 spiro atoms. The topological polar surface area (TPSA) is 54.4 Å². The van der Waals surface area contributed by atoms with Crippen LogP contribution in [0.5, 0.6) is 0 Å². The second-order valence-corrected chi connectivity index (χ2v) is 6.94. The standard InChI is InChI=1S/C15H26N2O2S/c1-10(15-11(2)17-12(3)20-15)16-8-13(18)9-19-14-6-4-5-7-14/h10,13-14,16,18H,4-9H2,1-3H3. The maximum Gasteiger partial charge on any atom is 0.0900 e. The molecular weight excluding hydrogens is 272 g/mol. The van der Waals surface area contributed by atoms with Gasteiger partial charge < -0.3 is 15.2 Å². The number of thiazole rings is 1. The van der Waals surface area contributed by atoms with Crippen molar-refractivity contribution in [3.8, 4) is 0 Å². The van der Waals surface area contributed by atoms with Gasteiger partial charge in [-0.3, -0.25) is 0 Å². The smallest absolute Gasteiger partial charge is 0.0900 e. The number of rotatable bonds is 7. The summed E-state index contributed by atoms with van der Waals surface area (Å²) in [6.07, 6.45) is 4.76. The third kappa shape index (κ3) is 4.52. The van der Waals surface area contributed by atoms with Crippen molar-refractivity contribution in [3.63, 3.8) is 0 Å². The Labute approximate surface area is 125 Å². The van der Waals surface area contributed by atoms with Crippen LogP contribution in [0.4, 0.5) is 0 Å². The highest BCUT2D eigenvalue weighted by atomic mass is 32.1. The number of aliphatic hydroxyl groups excluding tert-OH is 1. The van der Waals surface area contributed by atoms with Crippen LogP contribution in [0.3, 0.4) is 0 Å². The Hall–Kier alpha value is -0.490. The summed E-state index contributed by atoms with van der Waals surface area (Å²) in [5, 5.41) is 14.4. The second kappa shape index (κ2) is 7.50. The highest BCUT2D eigenvalue weighted by Gasteiger charge is 2.18. The minimum absolute atomic E-state index is 0.224. The van der Waals surface area contributed by atoms with Crippen LogP contribution in [0.1, 0.15) is 54.2 Å². The Balaban J connectivity index is 1.69. The van der Waals surface area contributed by atoms with Crippen molar-refractivity contribution in [1.82, 2.24) is 10.3 Å². The van der Waals surface area contributed by atoms with Gasteiger partial charge in [-0.15, -0.1) is 11.3 Å². The summed E-state index contributed by atoms with van der Waals surface area (Å²) < 4.78 is 5.73. The Bertz CT molecular complexity index is 416. The number of nitrogens with one attached hydrogen (secondary N) is 1. The lowest BCUT2D eigenvalue weighted by atomic mass is 10.2. The minimum atomic E-state index is -0.438. The molecule has 2 unspecified atom stereocenters. The number of ether oxygens (including phenoxy) is 1. The first kappa shape index (κ1) is 15.9. The molecular formula is C15H26N2O2S. The Morgan fingerprint density at radius 2 is 2.10 bits per heavy atom. The van der Waals surface area contributed by atoms with Gasteiger partial charge in [0.2, 0.25) is 0 Å². The molecule has 1 aliphatic rings. The molecule has 114 valence electrons. The second-order valence-electron chi connectivity index (χ2n) is 5.71. The molecule has 1 heterocycles. The molecule has 0 aromatic carbocycles. The average molecular weight is 298 g/mol. The molecule has 20 heavy (non-hydrogen) atoms. The SMILES string of the molecule is Cc1nc(C)c(C(C)NCC(O)COC2CCCC2)s1. The first-order valence-electron chi connectivity index (χ1n) is 7.53. The van der Waals surface area contributed by atoms with E-state index in [1.807, 2.05) is 13.8 Å². The minimum Gasteiger partial charge on any atom is -0.389 e. The van der Waals surface area contributed by atoms with E-state index in [1.54, 1.807) is 11.3 Å². The number of nitrogens with zero attached hydrogens (tertiary/aromatic N) is 1. The number of aryl methyl sites for hydroxylation is 2. The van der Waals surface area contributed by atoms with Crippen molar-refractivity contribution in [2.45, 2.75) is 64.7 Å². The summed E-state index contributed by atoms with van der Waals surface area (Å²) >= 11 is 1.72. The number of hydrogen-bond donors (Lipinski definition) is 2. The van der Waals surface area contributed by atoms with E-state index in [-0.39, 0.29) is 6.04 Å². The van der Waals surface area contributed by atoms with E-state index in [0.717, 1.165) is 23.5 Å². The van der Waals surface area contributed by atoms with E-state index in [9.17, 15) is 5.11 Å². The molecule has 1 saturated carbocycles. The predicted molar refractivity (Wildman–Crippen MR) is 82.2 cm³/mol. The zero-order valence-electron chi connectivity index (χ0n) is 12.7. The fourth-order valence-electron chi connectivity index (χ4n) is 2.72. The fourth-order valence-corrected chi connectivity index (χ4v) is 3.67. The molecule has 0 aliphatic heterocycles. The van der Waals surface area contributed by atoms with Crippen LogP contribution < -0.4 is 5.32 Å². The molecule has 0 saturated heterocycles. The molecule has 0 bridgehead atoms. The largest absolute Gasteiger partial charge is 0.389 e. The normalized spacial score (nSPS) is 19.4. The fraction of sp³-hybridized carbons (Fsp3) is 0.800. The highest BCUT2D eigenvalue weighted by Crippen LogP contribution is 2.24. The van der Waals surface area contributed by atoms with Crippen LogP contribution in [0, 0.1) is 13.8 Å². The van der Waals surface area contributed by atoms with Crippen LogP contribution in [0.25, 0.3) is 0 Å². The lowest BCUT2D eigenvalue weighted by Crippen LogP contribution is -2.33. The van der Waals surface area contributed by atoms with Crippen LogP contribution in [0.15, 0.2) is 0 Å². The molecule has 1 aromatic rings. The van der Waals surface area contributed by atoms with Gasteiger partial charge in [0.15, 0.2) is 0 Å². The van der Waals surface area contributed by atoms with E-state index in [1.165, 1.54) is 17.7 Å². The number of aliphatic hydroxyl groups is 1. The molecule has 1 fully saturated rings. The predicted octanol–water partition coefficient (Wildman–Crippen LogP) is 2.73. The van der Waals surface area contributed by atoms with Gasteiger partial charge >= 0.3 is 0 Å². The quantitative estimate of drug-likeness (QED) is 0.813. The van der Waals surface area contributed by atoms with Crippen molar-refractivity contribution in [2.75, 3.05) is 13.2 Å². The first-order valence-corrected chi connectivity index (χ1v) is 8.35.